The second-order valence-electron chi connectivity index (χ2n) is 15.3. The normalized spacial score (nSPS) is 10.7. The summed E-state index contributed by atoms with van der Waals surface area (Å²) in [6, 6.07) is 54.1. The van der Waals surface area contributed by atoms with Gasteiger partial charge in [0, 0.05) is 0 Å². The van der Waals surface area contributed by atoms with E-state index in [0.29, 0.717) is 11.8 Å². The van der Waals surface area contributed by atoms with Gasteiger partial charge in [-0.3, -0.25) is 0 Å². The van der Waals surface area contributed by atoms with Crippen LogP contribution in [0.5, 0.6) is 0 Å². The molecular weight excluding hydrogens is 768 g/mol. The Morgan fingerprint density at radius 3 is 0.857 bits per heavy atom. The first-order chi connectivity index (χ1) is 26.0. The van der Waals surface area contributed by atoms with Gasteiger partial charge in [-0.15, -0.1) is 44.8 Å². The molecule has 0 N–H and O–H groups in total. The van der Waals surface area contributed by atoms with Crippen LogP contribution in [0.25, 0.3) is 66.1 Å². The molecule has 0 aliphatic carbocycles. The van der Waals surface area contributed by atoms with Gasteiger partial charge in [-0.05, 0) is 50.7 Å². The Hall–Kier alpha value is -4.36. The van der Waals surface area contributed by atoms with Gasteiger partial charge in [0.05, 0.1) is 0 Å². The second-order valence-corrected chi connectivity index (χ2v) is 15.3. The summed E-state index contributed by atoms with van der Waals surface area (Å²) in [4.78, 5) is 0. The molecule has 0 aliphatic rings. The van der Waals surface area contributed by atoms with Gasteiger partial charge in [0.2, 0.25) is 0 Å². The fourth-order valence-electron chi connectivity index (χ4n) is 7.25. The van der Waals surface area contributed by atoms with Crippen molar-refractivity contribution < 1.29 is 23.3 Å². The predicted molar refractivity (Wildman–Crippen MR) is 247 cm³/mol. The molecule has 0 heterocycles. The van der Waals surface area contributed by atoms with Gasteiger partial charge < -0.3 is 14.9 Å². The van der Waals surface area contributed by atoms with Crippen LogP contribution >= 0.6 is 0 Å². The average molecular weight is 824 g/mol. The summed E-state index contributed by atoms with van der Waals surface area (Å²) in [5.74, 6) is 1.05. The van der Waals surface area contributed by atoms with Crippen molar-refractivity contribution in [2.45, 2.75) is 67.2 Å². The van der Waals surface area contributed by atoms with E-state index < -0.39 is 0 Å². The molecular formula is C54H56SiZr-4. The molecule has 8 aromatic rings. The Morgan fingerprint density at radius 2 is 0.607 bits per heavy atom. The molecule has 284 valence electrons. The maximum absolute atomic E-state index is 3.06. The van der Waals surface area contributed by atoms with Gasteiger partial charge >= 0.3 is 30.2 Å². The molecule has 0 amide bonds. The van der Waals surface area contributed by atoms with E-state index in [2.05, 4.69) is 208 Å². The number of benzene rings is 6. The standard InChI is InChI=1S/2C26H25.2CH3.Si.Zr/c2*1-17(2)22-15-25-23(20-9-5-18(3)6-10-20)13-14-24(26(25)16-22)21-11-7-19(4)8-12-21;;;;/h2*5-17H,1-4H3;2*1H3;;/q4*-1;;. The molecule has 2 heteroatoms. The molecule has 0 fully saturated rings. The first-order valence-corrected chi connectivity index (χ1v) is 23.2. The summed E-state index contributed by atoms with van der Waals surface area (Å²) in [5, 5.41) is 5.43. The average Bonchev–Trinajstić information content (AvgIpc) is 3.84. The van der Waals surface area contributed by atoms with E-state index in [0.717, 1.165) is 0 Å². The molecule has 0 saturated heterocycles. The van der Waals surface area contributed by atoms with Crippen molar-refractivity contribution >= 4 is 28.4 Å². The van der Waals surface area contributed by atoms with Crippen molar-refractivity contribution in [1.82, 2.24) is 0 Å². The first kappa shape index (κ1) is 44.4. The van der Waals surface area contributed by atoms with Crippen LogP contribution in [0.3, 0.4) is 0 Å². The molecule has 0 aromatic heterocycles. The van der Waals surface area contributed by atoms with Crippen LogP contribution in [0.15, 0.2) is 146 Å². The van der Waals surface area contributed by atoms with Gasteiger partial charge in [-0.1, -0.05) is 205 Å². The monoisotopic (exact) mass is 822 g/mol. The zero-order valence-electron chi connectivity index (χ0n) is 35.0. The third-order valence-corrected chi connectivity index (χ3v) is 10.6. The van der Waals surface area contributed by atoms with Crippen molar-refractivity contribution in [3.05, 3.63) is 194 Å². The first-order valence-electron chi connectivity index (χ1n) is 19.1. The summed E-state index contributed by atoms with van der Waals surface area (Å²) in [5.41, 5.74) is 18.5. The summed E-state index contributed by atoms with van der Waals surface area (Å²) in [7, 11) is 0. The van der Waals surface area contributed by atoms with Crippen molar-refractivity contribution in [2.24, 2.45) is 0 Å². The van der Waals surface area contributed by atoms with E-state index in [1.165, 1.54) is 123 Å². The predicted octanol–water partition coefficient (Wildman–Crippen LogP) is 15.8. The fourth-order valence-corrected chi connectivity index (χ4v) is 7.25. The van der Waals surface area contributed by atoms with Gasteiger partial charge in [0.15, 0.2) is 0 Å². The van der Waals surface area contributed by atoms with Gasteiger partial charge in [-0.2, -0.15) is 12.1 Å². The molecule has 0 atom stereocenters. The van der Waals surface area contributed by atoms with Crippen LogP contribution in [0.2, 0.25) is 0 Å². The number of hydrogen-bond donors (Lipinski definition) is 0. The number of fused-ring (bicyclic) bond motifs is 2. The van der Waals surface area contributed by atoms with Crippen molar-refractivity contribution in [3.8, 4) is 44.5 Å². The van der Waals surface area contributed by atoms with Crippen LogP contribution < -0.4 is 0 Å². The van der Waals surface area contributed by atoms with E-state index in [4.69, 9.17) is 0 Å². The summed E-state index contributed by atoms with van der Waals surface area (Å²) in [6.45, 7) is 20.7. The third kappa shape index (κ3) is 9.77. The van der Waals surface area contributed by atoms with Crippen LogP contribution in [0.4, 0.5) is 0 Å². The van der Waals surface area contributed by atoms with Crippen LogP contribution in [0, 0.1) is 42.5 Å². The van der Waals surface area contributed by atoms with E-state index in [-0.39, 0.29) is 14.9 Å². The molecule has 0 unspecified atom stereocenters. The Labute approximate surface area is 355 Å². The molecule has 2 radical (unpaired) electrons. The molecule has 0 spiro atoms. The summed E-state index contributed by atoms with van der Waals surface area (Å²) < 4.78 is 0. The Balaban J connectivity index is 0.000000230. The van der Waals surface area contributed by atoms with Crippen molar-refractivity contribution in [2.75, 3.05) is 0 Å². The quantitative estimate of drug-likeness (QED) is 0.116. The van der Waals surface area contributed by atoms with E-state index in [9.17, 15) is 0 Å². The zero-order chi connectivity index (χ0) is 38.5. The van der Waals surface area contributed by atoms with Gasteiger partial charge in [-0.25, -0.2) is 0 Å². The van der Waals surface area contributed by atoms with Crippen LogP contribution in [-0.2, 0) is 23.3 Å². The maximum atomic E-state index is 3.06. The fraction of sp³-hybridized carbons (Fsp3) is 0.185. The van der Waals surface area contributed by atoms with Crippen LogP contribution in [0.1, 0.15) is 72.9 Å². The second kappa shape index (κ2) is 19.7. The van der Waals surface area contributed by atoms with Gasteiger partial charge in [0.25, 0.3) is 0 Å². The molecule has 8 aromatic carbocycles. The topological polar surface area (TPSA) is 0 Å². The third-order valence-electron chi connectivity index (χ3n) is 10.6. The molecule has 8 rings (SSSR count). The Morgan fingerprint density at radius 1 is 0.375 bits per heavy atom. The molecule has 0 bridgehead atoms. The molecule has 0 saturated carbocycles. The SMILES string of the molecule is Cc1ccc(-c2ccc(-c3ccc(C)cc3)c3[cH-]c(C(C)C)cc23)cc1.Cc1ccc(-c2ccc(-c3ccc(C)cc3)c3[cH-]c(C(C)C)cc23)cc1.[CH3-].[CH3-].[Si]=[Zr]. The van der Waals surface area contributed by atoms with Crippen molar-refractivity contribution in [3.63, 3.8) is 0 Å². The van der Waals surface area contributed by atoms with E-state index in [1.54, 1.807) is 0 Å². The summed E-state index contributed by atoms with van der Waals surface area (Å²) >= 11 is 1.36. The Bertz CT molecular complexity index is 2130. The van der Waals surface area contributed by atoms with Crippen LogP contribution in [-0.4, -0.2) is 6.88 Å². The minimum atomic E-state index is 0. The molecule has 0 nitrogen and oxygen atoms in total. The van der Waals surface area contributed by atoms with Crippen molar-refractivity contribution in [1.29, 1.82) is 0 Å². The van der Waals surface area contributed by atoms with E-state index in [1.807, 2.05) is 0 Å². The molecule has 56 heavy (non-hydrogen) atoms. The van der Waals surface area contributed by atoms with E-state index >= 15 is 0 Å². The molecule has 0 aliphatic heterocycles. The van der Waals surface area contributed by atoms with Gasteiger partial charge in [0.1, 0.15) is 0 Å². The number of hydrogen-bond acceptors (Lipinski definition) is 0. The number of rotatable bonds is 6. The zero-order valence-corrected chi connectivity index (χ0v) is 38.5. The minimum absolute atomic E-state index is 0. The Kier molecular flexibility index (Phi) is 15.6. The summed E-state index contributed by atoms with van der Waals surface area (Å²) in [6.07, 6.45) is 0. The number of aryl methyl sites for hydroxylation is 4.